The zero-order valence-electron chi connectivity index (χ0n) is 20.3. The molecule has 0 radical (unpaired) electrons. The van der Waals surface area contributed by atoms with Crippen LogP contribution in [-0.2, 0) is 9.47 Å². The lowest BCUT2D eigenvalue weighted by molar-refractivity contribution is 0.00358. The summed E-state index contributed by atoms with van der Waals surface area (Å²) < 4.78 is 12.1. The Morgan fingerprint density at radius 2 is 1.88 bits per heavy atom. The van der Waals surface area contributed by atoms with Gasteiger partial charge in [0.15, 0.2) is 0 Å². The maximum atomic E-state index is 12.5. The van der Waals surface area contributed by atoms with E-state index in [4.69, 9.17) is 9.47 Å². The van der Waals surface area contributed by atoms with Gasteiger partial charge in [0.05, 0.1) is 6.54 Å². The zero-order valence-corrected chi connectivity index (χ0v) is 20.3. The predicted molar refractivity (Wildman–Crippen MR) is 131 cm³/mol. The Morgan fingerprint density at radius 1 is 1.22 bits per heavy atom. The molecule has 2 saturated heterocycles. The van der Waals surface area contributed by atoms with Gasteiger partial charge < -0.3 is 9.47 Å². The monoisotopic (exact) mass is 438 g/mol. The molecule has 1 amide bonds. The molecule has 5 heteroatoms. The summed E-state index contributed by atoms with van der Waals surface area (Å²) in [5, 5.41) is 0. The third kappa shape index (κ3) is 6.04. The average Bonchev–Trinajstić information content (AvgIpc) is 3.07. The van der Waals surface area contributed by atoms with Gasteiger partial charge in [-0.15, -0.1) is 0 Å². The maximum Gasteiger partial charge on any atom is 0.415 e. The molecular formula is C27H38N2O3. The molecule has 0 saturated carbocycles. The summed E-state index contributed by atoms with van der Waals surface area (Å²) in [6.07, 6.45) is 6.76. The number of benzene rings is 1. The first-order valence-electron chi connectivity index (χ1n) is 11.6. The molecule has 0 bridgehead atoms. The van der Waals surface area contributed by atoms with Gasteiger partial charge in [0, 0.05) is 38.2 Å². The summed E-state index contributed by atoms with van der Waals surface area (Å²) in [5.74, 6) is 0.896. The molecule has 1 aromatic carbocycles. The molecule has 0 aromatic heterocycles. The van der Waals surface area contributed by atoms with Crippen molar-refractivity contribution in [2.24, 2.45) is 0 Å². The van der Waals surface area contributed by atoms with Gasteiger partial charge in [-0.2, -0.15) is 0 Å². The molecule has 32 heavy (non-hydrogen) atoms. The van der Waals surface area contributed by atoms with E-state index in [0.29, 0.717) is 6.54 Å². The first-order valence-corrected chi connectivity index (χ1v) is 11.6. The van der Waals surface area contributed by atoms with E-state index >= 15 is 0 Å². The number of anilines is 1. The highest BCUT2D eigenvalue weighted by molar-refractivity contribution is 5.90. The summed E-state index contributed by atoms with van der Waals surface area (Å²) >= 11 is 0. The van der Waals surface area contributed by atoms with E-state index in [1.807, 2.05) is 37.3 Å². The number of piperidine rings is 1. The normalized spacial score (nSPS) is 19.9. The second kappa shape index (κ2) is 9.95. The number of ether oxygens (including phenoxy) is 2. The molecular weight excluding hydrogens is 400 g/mol. The number of nitrogens with zero attached hydrogens (tertiary/aromatic N) is 2. The van der Waals surface area contributed by atoms with Crippen LogP contribution in [0.2, 0.25) is 0 Å². The van der Waals surface area contributed by atoms with Gasteiger partial charge in [-0.25, -0.2) is 4.79 Å². The molecule has 0 unspecified atom stereocenters. The molecule has 174 valence electrons. The smallest absolute Gasteiger partial charge is 0.415 e. The van der Waals surface area contributed by atoms with E-state index in [-0.39, 0.29) is 17.3 Å². The predicted octanol–water partition coefficient (Wildman–Crippen LogP) is 6.09. The van der Waals surface area contributed by atoms with Crippen molar-refractivity contribution in [3.05, 3.63) is 66.0 Å². The largest absolute Gasteiger partial charge is 0.488 e. The van der Waals surface area contributed by atoms with Crippen molar-refractivity contribution < 1.29 is 14.3 Å². The number of hydrogen-bond acceptors (Lipinski definition) is 4. The molecule has 2 heterocycles. The molecule has 2 aliphatic heterocycles. The first kappa shape index (κ1) is 24.1. The Kier molecular flexibility index (Phi) is 7.50. The Labute approximate surface area is 193 Å². The topological polar surface area (TPSA) is 42.0 Å². The summed E-state index contributed by atoms with van der Waals surface area (Å²) in [7, 11) is 0. The first-order chi connectivity index (χ1) is 15.1. The molecule has 5 nitrogen and oxygen atoms in total. The van der Waals surface area contributed by atoms with Crippen molar-refractivity contribution in [1.82, 2.24) is 4.90 Å². The van der Waals surface area contributed by atoms with Gasteiger partial charge in [0.1, 0.15) is 17.0 Å². The van der Waals surface area contributed by atoms with Crippen molar-refractivity contribution in [2.45, 2.75) is 65.1 Å². The quantitative estimate of drug-likeness (QED) is 0.382. The third-order valence-electron chi connectivity index (χ3n) is 5.96. The van der Waals surface area contributed by atoms with Gasteiger partial charge in [-0.1, -0.05) is 43.9 Å². The van der Waals surface area contributed by atoms with Crippen LogP contribution in [0.5, 0.6) is 0 Å². The molecule has 0 atom stereocenters. The van der Waals surface area contributed by atoms with Crippen LogP contribution in [0.1, 0.15) is 53.9 Å². The van der Waals surface area contributed by atoms with E-state index in [1.54, 1.807) is 4.90 Å². The second-order valence-electron chi connectivity index (χ2n) is 9.88. The Morgan fingerprint density at radius 3 is 2.44 bits per heavy atom. The van der Waals surface area contributed by atoms with Gasteiger partial charge >= 0.3 is 6.09 Å². The molecule has 2 fully saturated rings. The summed E-state index contributed by atoms with van der Waals surface area (Å²) in [6, 6.07) is 9.78. The number of para-hydroxylation sites is 1. The molecule has 3 rings (SSSR count). The van der Waals surface area contributed by atoms with Crippen LogP contribution in [0.25, 0.3) is 0 Å². The zero-order chi connectivity index (χ0) is 23.4. The summed E-state index contributed by atoms with van der Waals surface area (Å²) in [4.78, 5) is 16.7. The van der Waals surface area contributed by atoms with E-state index in [9.17, 15) is 4.79 Å². The lowest BCUT2D eigenvalue weighted by atomic mass is 9.91. The van der Waals surface area contributed by atoms with Crippen LogP contribution in [0, 0.1) is 0 Å². The fourth-order valence-electron chi connectivity index (χ4n) is 4.26. The van der Waals surface area contributed by atoms with Crippen molar-refractivity contribution in [1.29, 1.82) is 0 Å². The Bertz CT molecular complexity index is 872. The van der Waals surface area contributed by atoms with Gasteiger partial charge in [-0.3, -0.25) is 9.80 Å². The number of rotatable bonds is 7. The van der Waals surface area contributed by atoms with Gasteiger partial charge in [0.25, 0.3) is 0 Å². The third-order valence-corrected chi connectivity index (χ3v) is 5.96. The number of hydrogen-bond donors (Lipinski definition) is 0. The van der Waals surface area contributed by atoms with Crippen LogP contribution in [0.3, 0.4) is 0 Å². The van der Waals surface area contributed by atoms with E-state index in [0.717, 1.165) is 55.9 Å². The summed E-state index contributed by atoms with van der Waals surface area (Å²) in [5.41, 5.74) is 2.41. The number of carbonyl (C=O) groups is 1. The fourth-order valence-corrected chi connectivity index (χ4v) is 4.26. The number of amides is 1. The molecule has 2 aliphatic rings. The van der Waals surface area contributed by atoms with Gasteiger partial charge in [-0.05, 0) is 57.4 Å². The van der Waals surface area contributed by atoms with E-state index in [2.05, 4.69) is 51.3 Å². The standard InChI is InChI=1S/C27H38N2O3/c1-7-22(24(21(2)3)31-26(4,5)6)12-11-17-28-18-15-27(16-19-28)20-29(25(30)32-27)23-13-9-8-10-14-23/h8-14H,2,7,15-20H2,1,3-6H3/b12-11+,24-22+. The maximum absolute atomic E-state index is 12.5. The molecule has 0 aliphatic carbocycles. The highest BCUT2D eigenvalue weighted by Gasteiger charge is 2.47. The minimum atomic E-state index is -0.366. The number of allylic oxidation sites excluding steroid dienone is 3. The van der Waals surface area contributed by atoms with Crippen LogP contribution in [0.15, 0.2) is 66.0 Å². The lowest BCUT2D eigenvalue weighted by Gasteiger charge is -2.37. The molecule has 1 spiro atoms. The fraction of sp³-hybridized carbons (Fsp3) is 0.519. The highest BCUT2D eigenvalue weighted by atomic mass is 16.6. The van der Waals surface area contributed by atoms with Crippen LogP contribution >= 0.6 is 0 Å². The lowest BCUT2D eigenvalue weighted by Crippen LogP contribution is -2.46. The Hall–Kier alpha value is -2.53. The minimum Gasteiger partial charge on any atom is -0.488 e. The van der Waals surface area contributed by atoms with Crippen molar-refractivity contribution in [3.63, 3.8) is 0 Å². The molecule has 0 N–H and O–H groups in total. The van der Waals surface area contributed by atoms with Crippen molar-refractivity contribution in [2.75, 3.05) is 31.1 Å². The Balaban J connectivity index is 1.58. The van der Waals surface area contributed by atoms with Crippen molar-refractivity contribution in [3.8, 4) is 0 Å². The second-order valence-corrected chi connectivity index (χ2v) is 9.88. The van der Waals surface area contributed by atoms with Crippen molar-refractivity contribution >= 4 is 11.8 Å². The number of likely N-dealkylation sites (tertiary alicyclic amines) is 1. The molecule has 1 aromatic rings. The van der Waals surface area contributed by atoms with Crippen LogP contribution in [0.4, 0.5) is 10.5 Å². The van der Waals surface area contributed by atoms with Crippen LogP contribution < -0.4 is 4.90 Å². The highest BCUT2D eigenvalue weighted by Crippen LogP contribution is 2.35. The van der Waals surface area contributed by atoms with E-state index in [1.165, 1.54) is 5.57 Å². The SMILES string of the molecule is C=C(C)/C(OC(C)(C)C)=C(\C=C\CN1CCC2(CC1)CN(c1ccccc1)C(=O)O2)CC. The van der Waals surface area contributed by atoms with Gasteiger partial charge in [0.2, 0.25) is 0 Å². The summed E-state index contributed by atoms with van der Waals surface area (Å²) in [6.45, 7) is 17.8. The van der Waals surface area contributed by atoms with Crippen LogP contribution in [-0.4, -0.2) is 48.4 Å². The number of carbonyl (C=O) groups excluding carboxylic acids is 1. The average molecular weight is 439 g/mol. The van der Waals surface area contributed by atoms with E-state index < -0.39 is 0 Å². The minimum absolute atomic E-state index is 0.228.